The molecule has 11 nitrogen and oxygen atoms in total. The fourth-order valence-electron chi connectivity index (χ4n) is 14.0. The van der Waals surface area contributed by atoms with Gasteiger partial charge in [0.2, 0.25) is 0 Å². The average molecular weight is 1280 g/mol. The number of nitrogens with zero attached hydrogens (tertiary/aromatic N) is 11. The van der Waals surface area contributed by atoms with Crippen molar-refractivity contribution in [3.8, 4) is 90.1 Å². The molecule has 0 saturated carbocycles. The SMILES string of the molecule is c1cnc(-c2ccc3cc(-c4ccc5nc(-c6ccc(-c7ccc8ccc9cccnc9c8n7)cc6)ccc5c4)ccc3n2)nc1.c1cnc2c(c1)ccc1ccc(-c3c4ccccc4c(-c4ccc5cc(-c6ccc7nc(-c8ccncc8)ccc7c6)ccc5n4)c4ccccc34)nc12. The second-order valence-electron chi connectivity index (χ2n) is 25.0. The lowest BCUT2D eigenvalue weighted by molar-refractivity contribution is 1.15. The zero-order valence-electron chi connectivity index (χ0n) is 53.5. The van der Waals surface area contributed by atoms with Gasteiger partial charge in [0.25, 0.3) is 0 Å². The molecule has 11 heteroatoms. The fraction of sp³-hybridized carbons (Fsp3) is 0. The smallest absolute Gasteiger partial charge is 0.178 e. The van der Waals surface area contributed by atoms with Gasteiger partial charge in [-0.05, 0) is 159 Å². The van der Waals surface area contributed by atoms with Crippen molar-refractivity contribution in [2.24, 2.45) is 0 Å². The van der Waals surface area contributed by atoms with E-state index in [0.717, 1.165) is 193 Å². The zero-order valence-corrected chi connectivity index (χ0v) is 53.5. The summed E-state index contributed by atoms with van der Waals surface area (Å²) in [5.74, 6) is 0.624. The highest BCUT2D eigenvalue weighted by Gasteiger charge is 2.20. The number of fused-ring (bicyclic) bond motifs is 12. The van der Waals surface area contributed by atoms with Gasteiger partial charge in [0.05, 0.1) is 72.6 Å². The van der Waals surface area contributed by atoms with Crippen LogP contribution in [0, 0.1) is 0 Å². The first-order chi connectivity index (χ1) is 49.5. The highest BCUT2D eigenvalue weighted by Crippen LogP contribution is 2.44. The van der Waals surface area contributed by atoms with E-state index < -0.39 is 0 Å². The van der Waals surface area contributed by atoms with E-state index >= 15 is 0 Å². The molecule has 0 fully saturated rings. The molecule has 10 aromatic heterocycles. The summed E-state index contributed by atoms with van der Waals surface area (Å²) in [5, 5.41) is 13.3. The van der Waals surface area contributed by atoms with Crippen molar-refractivity contribution < 1.29 is 0 Å². The van der Waals surface area contributed by atoms with Crippen molar-refractivity contribution in [3.63, 3.8) is 0 Å². The standard InChI is InChI=1S/C49H29N5.C40H24N6/c1-3-9-39-37(7-1)46(38-8-2-4-10-40(38)47(39)45-21-13-32-12-11-31-6-5-25-51-48(31)49(32)54-45)44-22-17-36-29-34(15-19-43(36)53-44)33-14-18-42-35(28-33)16-20-41(52-42)30-23-26-50-27-24-30;1-3-27-8-9-28-10-15-34(46-39(28)38(27)41-20-1)26-6-4-25(5-7-26)33-18-13-31-23-29(11-16-35(31)44-33)30-12-17-36-32(24-30)14-19-37(45-36)40-42-21-2-22-43-40/h1-29H;1-24H. The van der Waals surface area contributed by atoms with Crippen LogP contribution in [0.1, 0.15) is 0 Å². The van der Waals surface area contributed by atoms with Crippen molar-refractivity contribution in [2.45, 2.75) is 0 Å². The summed E-state index contributed by atoms with van der Waals surface area (Å²) in [7, 11) is 0. The van der Waals surface area contributed by atoms with Crippen LogP contribution in [0.15, 0.2) is 322 Å². The third-order valence-electron chi connectivity index (χ3n) is 19.0. The van der Waals surface area contributed by atoms with Gasteiger partial charge in [-0.2, -0.15) is 0 Å². The molecule has 0 unspecified atom stereocenters. The van der Waals surface area contributed by atoms with Gasteiger partial charge in [-0.3, -0.25) is 15.0 Å². The highest BCUT2D eigenvalue weighted by molar-refractivity contribution is 6.21. The van der Waals surface area contributed by atoms with Crippen molar-refractivity contribution in [1.29, 1.82) is 0 Å². The van der Waals surface area contributed by atoms with Crippen LogP contribution in [0.5, 0.6) is 0 Å². The fourth-order valence-corrected chi connectivity index (χ4v) is 14.0. The van der Waals surface area contributed by atoms with Gasteiger partial charge >= 0.3 is 0 Å². The lowest BCUT2D eigenvalue weighted by Crippen LogP contribution is -1.95. The van der Waals surface area contributed by atoms with Crippen molar-refractivity contribution in [1.82, 2.24) is 54.8 Å². The Morgan fingerprint density at radius 2 is 0.490 bits per heavy atom. The van der Waals surface area contributed by atoms with Crippen LogP contribution in [0.2, 0.25) is 0 Å². The summed E-state index contributed by atoms with van der Waals surface area (Å²) in [6.45, 7) is 0. The van der Waals surface area contributed by atoms with E-state index in [-0.39, 0.29) is 0 Å². The topological polar surface area (TPSA) is 142 Å². The van der Waals surface area contributed by atoms with Crippen molar-refractivity contribution in [2.75, 3.05) is 0 Å². The van der Waals surface area contributed by atoms with Crippen molar-refractivity contribution in [3.05, 3.63) is 322 Å². The first-order valence-electron chi connectivity index (χ1n) is 33.2. The molecule has 0 bridgehead atoms. The minimum Gasteiger partial charge on any atom is -0.265 e. The molecule has 20 rings (SSSR count). The minimum absolute atomic E-state index is 0.624. The van der Waals surface area contributed by atoms with E-state index in [4.69, 9.17) is 34.9 Å². The number of rotatable bonds is 8. The Morgan fingerprint density at radius 1 is 0.180 bits per heavy atom. The summed E-state index contributed by atoms with van der Waals surface area (Å²) in [5.41, 5.74) is 22.8. The van der Waals surface area contributed by atoms with Crippen LogP contribution in [-0.4, -0.2) is 54.8 Å². The van der Waals surface area contributed by atoms with Gasteiger partial charge in [-0.1, -0.05) is 170 Å². The lowest BCUT2D eigenvalue weighted by Gasteiger charge is -2.17. The van der Waals surface area contributed by atoms with E-state index in [1.165, 1.54) is 0 Å². The maximum atomic E-state index is 5.31. The maximum absolute atomic E-state index is 5.31. The highest BCUT2D eigenvalue weighted by atomic mass is 14.9. The van der Waals surface area contributed by atoms with Crippen LogP contribution < -0.4 is 0 Å². The Kier molecular flexibility index (Phi) is 13.9. The Balaban J connectivity index is 0.000000141. The number of hydrogen-bond acceptors (Lipinski definition) is 11. The van der Waals surface area contributed by atoms with Gasteiger partial charge in [0.1, 0.15) is 5.69 Å². The lowest BCUT2D eigenvalue weighted by atomic mass is 9.88. The predicted octanol–water partition coefficient (Wildman–Crippen LogP) is 21.6. The first-order valence-corrected chi connectivity index (χ1v) is 33.2. The molecule has 0 amide bonds. The molecule has 0 aliphatic carbocycles. The zero-order chi connectivity index (χ0) is 66.0. The first kappa shape index (κ1) is 57.7. The quantitative estimate of drug-likeness (QED) is 0.106. The van der Waals surface area contributed by atoms with E-state index in [1.807, 2.05) is 42.7 Å². The van der Waals surface area contributed by atoms with Crippen LogP contribution in [-0.2, 0) is 0 Å². The van der Waals surface area contributed by atoms with Crippen LogP contribution >= 0.6 is 0 Å². The Hall–Kier alpha value is -13.8. The molecule has 0 atom stereocenters. The van der Waals surface area contributed by atoms with Crippen LogP contribution in [0.3, 0.4) is 0 Å². The molecule has 20 aromatic rings. The van der Waals surface area contributed by atoms with Gasteiger partial charge in [0.15, 0.2) is 5.82 Å². The molecular formula is C89H53N11. The van der Waals surface area contributed by atoms with E-state index in [1.54, 1.807) is 30.9 Å². The molecular weight excluding hydrogens is 1220 g/mol. The second-order valence-corrected chi connectivity index (χ2v) is 25.0. The molecule has 464 valence electrons. The molecule has 0 saturated heterocycles. The molecule has 100 heavy (non-hydrogen) atoms. The Morgan fingerprint density at radius 3 is 0.930 bits per heavy atom. The van der Waals surface area contributed by atoms with E-state index in [2.05, 4.69) is 269 Å². The van der Waals surface area contributed by atoms with E-state index in [0.29, 0.717) is 5.82 Å². The summed E-state index contributed by atoms with van der Waals surface area (Å²) in [6, 6.07) is 99.2. The third kappa shape index (κ3) is 10.5. The van der Waals surface area contributed by atoms with Gasteiger partial charge in [-0.25, -0.2) is 39.9 Å². The van der Waals surface area contributed by atoms with Gasteiger partial charge in [-0.15, -0.1) is 0 Å². The summed E-state index contributed by atoms with van der Waals surface area (Å²) < 4.78 is 0. The maximum Gasteiger partial charge on any atom is 0.178 e. The number of pyridine rings is 9. The number of hydrogen-bond donors (Lipinski definition) is 0. The summed E-state index contributed by atoms with van der Waals surface area (Å²) >= 11 is 0. The number of aromatic nitrogens is 11. The molecule has 0 aliphatic rings. The van der Waals surface area contributed by atoms with E-state index in [9.17, 15) is 0 Å². The molecule has 0 N–H and O–H groups in total. The molecule has 0 radical (unpaired) electrons. The van der Waals surface area contributed by atoms with Crippen LogP contribution in [0.4, 0.5) is 0 Å². The largest absolute Gasteiger partial charge is 0.265 e. The summed E-state index contributed by atoms with van der Waals surface area (Å²) in [4.78, 5) is 52.4. The molecule has 10 aromatic carbocycles. The Bertz CT molecular complexity index is 6610. The predicted molar refractivity (Wildman–Crippen MR) is 407 cm³/mol. The second kappa shape index (κ2) is 24.2. The van der Waals surface area contributed by atoms with Gasteiger partial charge < -0.3 is 0 Å². The third-order valence-corrected chi connectivity index (χ3v) is 19.0. The average Bonchev–Trinajstić information content (AvgIpc) is 0.730. The van der Waals surface area contributed by atoms with Gasteiger partial charge in [0, 0.05) is 108 Å². The van der Waals surface area contributed by atoms with Crippen LogP contribution in [0.25, 0.3) is 199 Å². The minimum atomic E-state index is 0.624. The number of benzene rings is 10. The summed E-state index contributed by atoms with van der Waals surface area (Å²) in [6.07, 6.45) is 10.7. The van der Waals surface area contributed by atoms with Crippen molar-refractivity contribution >= 4 is 109 Å². The molecule has 0 spiro atoms. The Labute approximate surface area is 572 Å². The molecule has 10 heterocycles. The normalized spacial score (nSPS) is 11.6. The monoisotopic (exact) mass is 1280 g/mol. The molecule has 0 aliphatic heterocycles.